The Kier molecular flexibility index (Phi) is 5.40. The van der Waals surface area contributed by atoms with Crippen LogP contribution in [0.5, 0.6) is 11.5 Å². The number of nitrogens with one attached hydrogen (secondary N) is 1. The molecule has 0 bridgehead atoms. The first-order valence-electron chi connectivity index (χ1n) is 10.4. The number of hydrogen-bond acceptors (Lipinski definition) is 5. The van der Waals surface area contributed by atoms with Crippen molar-refractivity contribution in [3.8, 4) is 22.6 Å². The monoisotopic (exact) mass is 421 g/mol. The van der Waals surface area contributed by atoms with Crippen molar-refractivity contribution >= 4 is 11.0 Å². The van der Waals surface area contributed by atoms with Crippen LogP contribution in [0, 0.1) is 11.7 Å². The van der Waals surface area contributed by atoms with Crippen molar-refractivity contribution in [1.82, 2.24) is 19.7 Å². The van der Waals surface area contributed by atoms with Crippen LogP contribution < -0.4 is 10.5 Å². The second kappa shape index (κ2) is 8.49. The number of nitrogens with two attached hydrogens (primary N) is 1. The summed E-state index contributed by atoms with van der Waals surface area (Å²) in [4.78, 5) is 7.57. The van der Waals surface area contributed by atoms with Crippen LogP contribution in [0.25, 0.3) is 22.2 Å². The zero-order valence-corrected chi connectivity index (χ0v) is 17.1. The molecule has 160 valence electrons. The summed E-state index contributed by atoms with van der Waals surface area (Å²) in [5.41, 5.74) is 8.84. The van der Waals surface area contributed by atoms with Crippen LogP contribution in [-0.2, 0) is 17.8 Å². The second-order valence-corrected chi connectivity index (χ2v) is 7.81. The third-order valence-corrected chi connectivity index (χ3v) is 5.72. The Morgan fingerprint density at radius 2 is 2.10 bits per heavy atom. The molecule has 1 aromatic carbocycles. The number of hydrogen-bond donors (Lipinski definition) is 2. The molecule has 0 amide bonds. The number of aromatic nitrogens is 4. The maximum atomic E-state index is 14.5. The molecule has 0 radical (unpaired) electrons. The van der Waals surface area contributed by atoms with E-state index >= 15 is 0 Å². The second-order valence-electron chi connectivity index (χ2n) is 7.81. The van der Waals surface area contributed by atoms with Crippen molar-refractivity contribution in [2.75, 3.05) is 13.2 Å². The number of rotatable bonds is 6. The minimum Gasteiger partial charge on any atom is -0.453 e. The summed E-state index contributed by atoms with van der Waals surface area (Å²) in [5, 5.41) is 5.34. The highest BCUT2D eigenvalue weighted by molar-refractivity contribution is 5.98. The first-order chi connectivity index (χ1) is 15.2. The molecule has 8 heteroatoms. The summed E-state index contributed by atoms with van der Waals surface area (Å²) in [6, 6.07) is 6.49. The molecule has 0 aliphatic carbocycles. The van der Waals surface area contributed by atoms with Gasteiger partial charge < -0.3 is 20.2 Å². The van der Waals surface area contributed by atoms with Gasteiger partial charge in [0.25, 0.3) is 0 Å². The van der Waals surface area contributed by atoms with Crippen molar-refractivity contribution < 1.29 is 13.9 Å². The number of pyridine rings is 1. The Morgan fingerprint density at radius 3 is 2.90 bits per heavy atom. The topological polar surface area (TPSA) is 91.0 Å². The number of ether oxygens (including phenoxy) is 2. The summed E-state index contributed by atoms with van der Waals surface area (Å²) >= 11 is 0. The highest BCUT2D eigenvalue weighted by Gasteiger charge is 2.18. The molecule has 1 aliphatic rings. The number of nitrogens with zero attached hydrogens (tertiary/aromatic N) is 3. The molecular weight excluding hydrogens is 397 g/mol. The molecule has 1 aliphatic heterocycles. The van der Waals surface area contributed by atoms with Gasteiger partial charge in [-0.1, -0.05) is 6.07 Å². The molecular formula is C23H24FN5O2. The van der Waals surface area contributed by atoms with Crippen LogP contribution in [0.15, 0.2) is 49.1 Å². The molecule has 0 saturated carbocycles. The molecule has 7 nitrogen and oxygen atoms in total. The van der Waals surface area contributed by atoms with Gasteiger partial charge in [0.15, 0.2) is 11.6 Å². The predicted molar refractivity (Wildman–Crippen MR) is 115 cm³/mol. The Bertz CT molecular complexity index is 1200. The van der Waals surface area contributed by atoms with Gasteiger partial charge in [-0.3, -0.25) is 4.68 Å². The average Bonchev–Trinajstić information content (AvgIpc) is 3.43. The lowest BCUT2D eigenvalue weighted by atomic mass is 10.0. The smallest absolute Gasteiger partial charge is 0.166 e. The Hall–Kier alpha value is -3.23. The average molecular weight is 421 g/mol. The van der Waals surface area contributed by atoms with E-state index in [9.17, 15) is 4.39 Å². The number of H-pyrrole nitrogens is 1. The van der Waals surface area contributed by atoms with Gasteiger partial charge in [-0.2, -0.15) is 5.10 Å². The highest BCUT2D eigenvalue weighted by atomic mass is 19.1. The van der Waals surface area contributed by atoms with Crippen LogP contribution in [0.1, 0.15) is 18.4 Å². The van der Waals surface area contributed by atoms with E-state index in [4.69, 9.17) is 15.2 Å². The molecule has 1 fully saturated rings. The molecule has 0 atom stereocenters. The Morgan fingerprint density at radius 1 is 1.23 bits per heavy atom. The third-order valence-electron chi connectivity index (χ3n) is 5.72. The van der Waals surface area contributed by atoms with E-state index in [0.29, 0.717) is 22.9 Å². The van der Waals surface area contributed by atoms with E-state index in [1.807, 2.05) is 23.3 Å². The van der Waals surface area contributed by atoms with E-state index in [-0.39, 0.29) is 12.3 Å². The molecule has 4 aromatic rings. The van der Waals surface area contributed by atoms with Crippen molar-refractivity contribution in [3.05, 3.63) is 60.4 Å². The molecule has 3 aromatic heterocycles. The lowest BCUT2D eigenvalue weighted by Crippen LogP contribution is -2.20. The molecule has 0 spiro atoms. The number of benzene rings is 1. The highest BCUT2D eigenvalue weighted by Crippen LogP contribution is 2.37. The lowest BCUT2D eigenvalue weighted by Gasteiger charge is -2.21. The first-order valence-corrected chi connectivity index (χ1v) is 10.4. The number of fused-ring (bicyclic) bond motifs is 1. The normalized spacial score (nSPS) is 14.9. The molecule has 5 rings (SSSR count). The maximum absolute atomic E-state index is 14.5. The zero-order valence-electron chi connectivity index (χ0n) is 17.1. The fraction of sp³-hybridized carbons (Fsp3) is 0.304. The molecule has 4 heterocycles. The summed E-state index contributed by atoms with van der Waals surface area (Å²) in [5.74, 6) is 0.795. The van der Waals surface area contributed by atoms with Gasteiger partial charge in [0.2, 0.25) is 0 Å². The Labute approximate surface area is 179 Å². The quantitative estimate of drug-likeness (QED) is 0.486. The number of halogens is 1. The van der Waals surface area contributed by atoms with Gasteiger partial charge in [0.05, 0.1) is 11.6 Å². The largest absolute Gasteiger partial charge is 0.453 e. The van der Waals surface area contributed by atoms with Gasteiger partial charge >= 0.3 is 0 Å². The van der Waals surface area contributed by atoms with E-state index in [1.165, 1.54) is 6.07 Å². The lowest BCUT2D eigenvalue weighted by molar-refractivity contribution is 0.0601. The van der Waals surface area contributed by atoms with Crippen LogP contribution >= 0.6 is 0 Å². The predicted octanol–water partition coefficient (Wildman–Crippen LogP) is 4.24. The first kappa shape index (κ1) is 19.7. The minimum atomic E-state index is -0.450. The molecule has 31 heavy (non-hydrogen) atoms. The van der Waals surface area contributed by atoms with Crippen LogP contribution in [-0.4, -0.2) is 33.0 Å². The van der Waals surface area contributed by atoms with E-state index in [2.05, 4.69) is 15.1 Å². The Balaban J connectivity index is 1.45. The van der Waals surface area contributed by atoms with Gasteiger partial charge in [-0.25, -0.2) is 9.37 Å². The zero-order chi connectivity index (χ0) is 21.2. The van der Waals surface area contributed by atoms with Crippen molar-refractivity contribution in [2.24, 2.45) is 11.7 Å². The fourth-order valence-electron chi connectivity index (χ4n) is 4.01. The van der Waals surface area contributed by atoms with Gasteiger partial charge in [-0.05, 0) is 42.5 Å². The van der Waals surface area contributed by atoms with Crippen LogP contribution in [0.3, 0.4) is 0 Å². The fourth-order valence-corrected chi connectivity index (χ4v) is 4.01. The van der Waals surface area contributed by atoms with Gasteiger partial charge in [-0.15, -0.1) is 0 Å². The van der Waals surface area contributed by atoms with Crippen molar-refractivity contribution in [3.63, 3.8) is 0 Å². The van der Waals surface area contributed by atoms with Gasteiger partial charge in [0, 0.05) is 56.0 Å². The summed E-state index contributed by atoms with van der Waals surface area (Å²) in [6.07, 6.45) is 9.51. The summed E-state index contributed by atoms with van der Waals surface area (Å²) in [6.45, 7) is 2.77. The van der Waals surface area contributed by atoms with Crippen molar-refractivity contribution in [2.45, 2.75) is 25.9 Å². The molecule has 3 N–H and O–H groups in total. The third kappa shape index (κ3) is 4.04. The maximum Gasteiger partial charge on any atom is 0.166 e. The SMILES string of the molecule is NCc1ccc(Oc2ccnc3[nH]cc(-c4cnn(CC5CCOCC5)c4)c23)c(F)c1. The summed E-state index contributed by atoms with van der Waals surface area (Å²) in [7, 11) is 0. The molecule has 0 unspecified atom stereocenters. The van der Waals surface area contributed by atoms with Crippen LogP contribution in [0.4, 0.5) is 4.39 Å². The van der Waals surface area contributed by atoms with E-state index < -0.39 is 5.82 Å². The van der Waals surface area contributed by atoms with E-state index in [0.717, 1.165) is 49.1 Å². The van der Waals surface area contributed by atoms with E-state index in [1.54, 1.807) is 24.4 Å². The molecule has 1 saturated heterocycles. The minimum absolute atomic E-state index is 0.145. The van der Waals surface area contributed by atoms with Crippen molar-refractivity contribution in [1.29, 1.82) is 0 Å². The van der Waals surface area contributed by atoms with Crippen LogP contribution in [0.2, 0.25) is 0 Å². The van der Waals surface area contributed by atoms with Gasteiger partial charge in [0.1, 0.15) is 11.4 Å². The standard InChI is InChI=1S/C23H24FN5O2/c24-19-9-16(10-25)1-2-20(19)31-21-3-6-26-23-22(21)18(12-27-23)17-11-28-29(14-17)13-15-4-7-30-8-5-15/h1-3,6,9,11-12,14-15H,4-5,7-8,10,13,25H2,(H,26,27). The number of aromatic amines is 1. The summed E-state index contributed by atoms with van der Waals surface area (Å²) < 4.78 is 27.8.